The van der Waals surface area contributed by atoms with Crippen LogP contribution < -0.4 is 5.73 Å². The first-order valence-electron chi connectivity index (χ1n) is 6.08. The van der Waals surface area contributed by atoms with E-state index in [1.165, 1.54) is 0 Å². The van der Waals surface area contributed by atoms with Gasteiger partial charge >= 0.3 is 0 Å². The van der Waals surface area contributed by atoms with Gasteiger partial charge in [0.05, 0.1) is 18.3 Å². The maximum absolute atomic E-state index is 12.2. The molecule has 2 heterocycles. The van der Waals surface area contributed by atoms with Crippen LogP contribution in [0.15, 0.2) is 18.3 Å². The third-order valence-electron chi connectivity index (χ3n) is 2.96. The number of hydrogen-bond acceptors (Lipinski definition) is 4. The van der Waals surface area contributed by atoms with Gasteiger partial charge in [-0.05, 0) is 26.0 Å². The summed E-state index contributed by atoms with van der Waals surface area (Å²) >= 11 is 1.92. The van der Waals surface area contributed by atoms with E-state index in [1.807, 2.05) is 22.7 Å². The number of thioether (sulfide) groups is 1. The topological polar surface area (TPSA) is 59.2 Å². The highest BCUT2D eigenvalue weighted by Crippen LogP contribution is 2.29. The van der Waals surface area contributed by atoms with Gasteiger partial charge in [0.15, 0.2) is 0 Å². The summed E-state index contributed by atoms with van der Waals surface area (Å²) in [6, 6.07) is 3.60. The quantitative estimate of drug-likeness (QED) is 0.881. The molecule has 1 fully saturated rings. The Bertz CT molecular complexity index is 430. The lowest BCUT2D eigenvalue weighted by molar-refractivity contribution is -0.130. The highest BCUT2D eigenvalue weighted by molar-refractivity contribution is 8.00. The highest BCUT2D eigenvalue weighted by Gasteiger charge is 2.29. The largest absolute Gasteiger partial charge is 0.397 e. The predicted molar refractivity (Wildman–Crippen MR) is 75.5 cm³/mol. The molecule has 5 heteroatoms. The van der Waals surface area contributed by atoms with Gasteiger partial charge in [-0.2, -0.15) is 11.8 Å². The molecule has 0 saturated carbocycles. The van der Waals surface area contributed by atoms with Crippen LogP contribution in [0.25, 0.3) is 0 Å². The van der Waals surface area contributed by atoms with E-state index in [-0.39, 0.29) is 10.7 Å². The Morgan fingerprint density at radius 2 is 2.33 bits per heavy atom. The molecule has 2 N–H and O–H groups in total. The number of pyridine rings is 1. The Hall–Kier alpha value is -1.23. The average molecular weight is 265 g/mol. The molecule has 98 valence electrons. The molecule has 0 aliphatic carbocycles. The van der Waals surface area contributed by atoms with E-state index in [1.54, 1.807) is 12.3 Å². The number of nitrogen functional groups attached to an aromatic ring is 1. The zero-order valence-electron chi connectivity index (χ0n) is 10.8. The molecule has 0 atom stereocenters. The number of nitrogens with two attached hydrogens (primary N) is 1. The summed E-state index contributed by atoms with van der Waals surface area (Å²) in [6.07, 6.45) is 1.96. The van der Waals surface area contributed by atoms with Crippen LogP contribution in [-0.2, 0) is 11.2 Å². The normalized spacial score (nSPS) is 18.7. The van der Waals surface area contributed by atoms with E-state index >= 15 is 0 Å². The van der Waals surface area contributed by atoms with Crippen molar-refractivity contribution in [1.82, 2.24) is 9.88 Å². The van der Waals surface area contributed by atoms with Crippen molar-refractivity contribution in [3.8, 4) is 0 Å². The lowest BCUT2D eigenvalue weighted by Gasteiger charge is -2.37. The number of aromatic nitrogens is 1. The highest BCUT2D eigenvalue weighted by atomic mass is 32.2. The molecule has 1 saturated heterocycles. The fourth-order valence-electron chi connectivity index (χ4n) is 2.04. The Balaban J connectivity index is 1.97. The van der Waals surface area contributed by atoms with Gasteiger partial charge in [0.2, 0.25) is 5.91 Å². The monoisotopic (exact) mass is 265 g/mol. The van der Waals surface area contributed by atoms with Crippen molar-refractivity contribution in [1.29, 1.82) is 0 Å². The van der Waals surface area contributed by atoms with E-state index in [9.17, 15) is 4.79 Å². The molecule has 0 aromatic carbocycles. The third-order valence-corrected chi connectivity index (χ3v) is 4.26. The van der Waals surface area contributed by atoms with Crippen molar-refractivity contribution in [2.45, 2.75) is 25.0 Å². The molecule has 1 aliphatic heterocycles. The molecule has 0 unspecified atom stereocenters. The molecule has 1 amide bonds. The van der Waals surface area contributed by atoms with Crippen LogP contribution in [0.5, 0.6) is 0 Å². The number of carbonyl (C=O) groups is 1. The molecule has 18 heavy (non-hydrogen) atoms. The number of amides is 1. The Labute approximate surface area is 112 Å². The Kier molecular flexibility index (Phi) is 3.80. The maximum atomic E-state index is 12.2. The summed E-state index contributed by atoms with van der Waals surface area (Å²) in [5.74, 6) is 1.16. The molecule has 1 aromatic heterocycles. The minimum absolute atomic E-state index is 0.153. The second kappa shape index (κ2) is 5.18. The van der Waals surface area contributed by atoms with Crippen LogP contribution in [0, 0.1) is 0 Å². The standard InChI is InChI=1S/C13H19N3OS/c1-13(2)9-16(5-6-18-13)12(17)7-11-4-3-10(14)8-15-11/h3-4,8H,5-7,9,14H2,1-2H3. The fraction of sp³-hybridized carbons (Fsp3) is 0.538. The first-order valence-corrected chi connectivity index (χ1v) is 7.07. The summed E-state index contributed by atoms with van der Waals surface area (Å²) in [5, 5.41) is 0. The summed E-state index contributed by atoms with van der Waals surface area (Å²) < 4.78 is 0.155. The van der Waals surface area contributed by atoms with Gasteiger partial charge in [0.1, 0.15) is 0 Å². The molecule has 4 nitrogen and oxygen atoms in total. The summed E-state index contributed by atoms with van der Waals surface area (Å²) in [4.78, 5) is 18.3. The minimum atomic E-state index is 0.153. The van der Waals surface area contributed by atoms with Crippen LogP contribution in [-0.4, -0.2) is 39.4 Å². The molecule has 0 spiro atoms. The fourth-order valence-corrected chi connectivity index (χ4v) is 3.15. The van der Waals surface area contributed by atoms with Crippen molar-refractivity contribution in [2.75, 3.05) is 24.6 Å². The number of rotatable bonds is 2. The summed E-state index contributed by atoms with van der Waals surface area (Å²) in [6.45, 7) is 6.00. The lowest BCUT2D eigenvalue weighted by atomic mass is 10.1. The number of anilines is 1. The first-order chi connectivity index (χ1) is 8.46. The first kappa shape index (κ1) is 13.2. The summed E-state index contributed by atoms with van der Waals surface area (Å²) in [7, 11) is 0. The number of nitrogens with zero attached hydrogens (tertiary/aromatic N) is 2. The Morgan fingerprint density at radius 3 is 2.94 bits per heavy atom. The van der Waals surface area contributed by atoms with Crippen LogP contribution in [0.4, 0.5) is 5.69 Å². The van der Waals surface area contributed by atoms with Crippen molar-refractivity contribution in [2.24, 2.45) is 0 Å². The SMILES string of the molecule is CC1(C)CN(C(=O)Cc2ccc(N)cn2)CCS1. The molecular weight excluding hydrogens is 246 g/mol. The van der Waals surface area contributed by atoms with Crippen LogP contribution in [0.1, 0.15) is 19.5 Å². The smallest absolute Gasteiger partial charge is 0.228 e. The molecule has 1 aliphatic rings. The van der Waals surface area contributed by atoms with Gasteiger partial charge in [-0.15, -0.1) is 0 Å². The molecule has 2 rings (SSSR count). The van der Waals surface area contributed by atoms with Crippen LogP contribution in [0.3, 0.4) is 0 Å². The average Bonchev–Trinajstić information content (AvgIpc) is 2.31. The number of carbonyl (C=O) groups excluding carboxylic acids is 1. The Morgan fingerprint density at radius 1 is 1.56 bits per heavy atom. The molecule has 0 bridgehead atoms. The molecule has 0 radical (unpaired) electrons. The lowest BCUT2D eigenvalue weighted by Crippen LogP contribution is -2.46. The van der Waals surface area contributed by atoms with Gasteiger partial charge in [0.25, 0.3) is 0 Å². The van der Waals surface area contributed by atoms with E-state index in [2.05, 4.69) is 18.8 Å². The van der Waals surface area contributed by atoms with E-state index in [0.717, 1.165) is 24.5 Å². The minimum Gasteiger partial charge on any atom is -0.397 e. The van der Waals surface area contributed by atoms with Crippen molar-refractivity contribution in [3.05, 3.63) is 24.0 Å². The van der Waals surface area contributed by atoms with E-state index in [0.29, 0.717) is 12.1 Å². The van der Waals surface area contributed by atoms with E-state index in [4.69, 9.17) is 5.73 Å². The zero-order valence-corrected chi connectivity index (χ0v) is 11.7. The third kappa shape index (κ3) is 3.38. The van der Waals surface area contributed by atoms with Gasteiger partial charge in [0, 0.05) is 29.3 Å². The summed E-state index contributed by atoms with van der Waals surface area (Å²) in [5.41, 5.74) is 6.98. The van der Waals surface area contributed by atoms with Crippen molar-refractivity contribution < 1.29 is 4.79 Å². The molecular formula is C13H19N3OS. The second-order valence-electron chi connectivity index (χ2n) is 5.18. The molecule has 1 aromatic rings. The van der Waals surface area contributed by atoms with Gasteiger partial charge in [-0.25, -0.2) is 0 Å². The van der Waals surface area contributed by atoms with Crippen LogP contribution in [0.2, 0.25) is 0 Å². The van der Waals surface area contributed by atoms with Crippen molar-refractivity contribution >= 4 is 23.4 Å². The zero-order chi connectivity index (χ0) is 13.2. The van der Waals surface area contributed by atoms with Gasteiger partial charge < -0.3 is 10.6 Å². The van der Waals surface area contributed by atoms with E-state index < -0.39 is 0 Å². The second-order valence-corrected chi connectivity index (χ2v) is 6.99. The van der Waals surface area contributed by atoms with Gasteiger partial charge in [-0.1, -0.05) is 0 Å². The number of hydrogen-bond donors (Lipinski definition) is 1. The predicted octanol–water partition coefficient (Wildman–Crippen LogP) is 1.56. The van der Waals surface area contributed by atoms with Crippen LogP contribution >= 0.6 is 11.8 Å². The van der Waals surface area contributed by atoms with Gasteiger partial charge in [-0.3, -0.25) is 9.78 Å². The maximum Gasteiger partial charge on any atom is 0.228 e. The van der Waals surface area contributed by atoms with Crippen molar-refractivity contribution in [3.63, 3.8) is 0 Å².